The SMILES string of the molecule is CC1CN(Cc2c[nH]nc2-c2ccc(CC(=O)O)cc2)CCN1c1ccc(C(F)(F)F)nc1. The minimum Gasteiger partial charge on any atom is -0.481 e. The highest BCUT2D eigenvalue weighted by Crippen LogP contribution is 2.30. The number of benzene rings is 1. The summed E-state index contributed by atoms with van der Waals surface area (Å²) in [6.07, 6.45) is -1.32. The predicted molar refractivity (Wildman–Crippen MR) is 117 cm³/mol. The second-order valence-electron chi connectivity index (χ2n) is 8.20. The standard InChI is InChI=1S/C23H24F3N5O2/c1-15-13-30(8-9-31(15)19-6-7-20(27-12-19)23(24,25)26)14-18-11-28-29-22(18)17-4-2-16(3-5-17)10-21(32)33/h2-7,11-12,15H,8-10,13-14H2,1H3,(H,28,29)(H,32,33). The molecule has 33 heavy (non-hydrogen) atoms. The summed E-state index contributed by atoms with van der Waals surface area (Å²) in [5.74, 6) is -0.872. The number of carboxylic acid groups (broad SMARTS) is 1. The van der Waals surface area contributed by atoms with E-state index in [1.54, 1.807) is 12.1 Å². The number of carbonyl (C=O) groups is 1. The van der Waals surface area contributed by atoms with Crippen molar-refractivity contribution in [2.24, 2.45) is 0 Å². The normalized spacial score (nSPS) is 17.3. The van der Waals surface area contributed by atoms with Crippen LogP contribution in [0.3, 0.4) is 0 Å². The average Bonchev–Trinajstić information content (AvgIpc) is 3.21. The molecular weight excluding hydrogens is 435 g/mol. The lowest BCUT2D eigenvalue weighted by molar-refractivity contribution is -0.141. The molecule has 4 rings (SSSR count). The van der Waals surface area contributed by atoms with E-state index < -0.39 is 17.8 Å². The zero-order valence-corrected chi connectivity index (χ0v) is 18.0. The minimum absolute atomic E-state index is 0.0235. The largest absolute Gasteiger partial charge is 0.481 e. The highest BCUT2D eigenvalue weighted by atomic mass is 19.4. The van der Waals surface area contributed by atoms with E-state index in [1.165, 1.54) is 12.3 Å². The number of anilines is 1. The van der Waals surface area contributed by atoms with Crippen LogP contribution in [0.15, 0.2) is 48.8 Å². The van der Waals surface area contributed by atoms with E-state index in [1.807, 2.05) is 25.3 Å². The van der Waals surface area contributed by atoms with Crippen molar-refractivity contribution >= 4 is 11.7 Å². The topological polar surface area (TPSA) is 85.3 Å². The van der Waals surface area contributed by atoms with Crippen LogP contribution in [0.2, 0.25) is 0 Å². The van der Waals surface area contributed by atoms with Gasteiger partial charge in [-0.15, -0.1) is 0 Å². The van der Waals surface area contributed by atoms with Gasteiger partial charge in [-0.25, -0.2) is 4.98 Å². The van der Waals surface area contributed by atoms with Crippen LogP contribution in [-0.2, 0) is 23.9 Å². The van der Waals surface area contributed by atoms with Crippen molar-refractivity contribution in [2.45, 2.75) is 32.1 Å². The molecule has 7 nitrogen and oxygen atoms in total. The number of aromatic nitrogens is 3. The van der Waals surface area contributed by atoms with E-state index in [9.17, 15) is 18.0 Å². The zero-order chi connectivity index (χ0) is 23.6. The molecule has 0 radical (unpaired) electrons. The third kappa shape index (κ3) is 5.33. The van der Waals surface area contributed by atoms with Crippen molar-refractivity contribution in [3.8, 4) is 11.3 Å². The molecule has 1 atom stereocenters. The average molecular weight is 459 g/mol. The number of aromatic amines is 1. The van der Waals surface area contributed by atoms with Crippen LogP contribution in [0.25, 0.3) is 11.3 Å². The molecule has 2 N–H and O–H groups in total. The number of alkyl halides is 3. The van der Waals surface area contributed by atoms with E-state index in [-0.39, 0.29) is 12.5 Å². The van der Waals surface area contributed by atoms with Gasteiger partial charge in [-0.2, -0.15) is 18.3 Å². The second kappa shape index (κ2) is 9.22. The second-order valence-corrected chi connectivity index (χ2v) is 8.20. The number of halogens is 3. The summed E-state index contributed by atoms with van der Waals surface area (Å²) in [5, 5.41) is 16.2. The van der Waals surface area contributed by atoms with Crippen LogP contribution >= 0.6 is 0 Å². The zero-order valence-electron chi connectivity index (χ0n) is 18.0. The molecule has 1 saturated heterocycles. The number of H-pyrrole nitrogens is 1. The molecule has 0 saturated carbocycles. The van der Waals surface area contributed by atoms with Gasteiger partial charge in [0.05, 0.1) is 24.0 Å². The van der Waals surface area contributed by atoms with Crippen molar-refractivity contribution in [3.63, 3.8) is 0 Å². The van der Waals surface area contributed by atoms with Crippen LogP contribution < -0.4 is 4.90 Å². The van der Waals surface area contributed by atoms with E-state index >= 15 is 0 Å². The van der Waals surface area contributed by atoms with Gasteiger partial charge in [0.2, 0.25) is 0 Å². The summed E-state index contributed by atoms with van der Waals surface area (Å²) in [4.78, 5) is 18.8. The maximum atomic E-state index is 12.8. The summed E-state index contributed by atoms with van der Waals surface area (Å²) in [6, 6.07) is 9.93. The summed E-state index contributed by atoms with van der Waals surface area (Å²) in [7, 11) is 0. The molecule has 0 spiro atoms. The van der Waals surface area contributed by atoms with Gasteiger partial charge in [-0.3, -0.25) is 14.8 Å². The Hall–Kier alpha value is -3.40. The molecule has 1 aromatic carbocycles. The number of carboxylic acids is 1. The molecule has 10 heteroatoms. The Morgan fingerprint density at radius 2 is 1.94 bits per heavy atom. The van der Waals surface area contributed by atoms with E-state index in [2.05, 4.69) is 25.0 Å². The number of aliphatic carboxylic acids is 1. The first-order valence-corrected chi connectivity index (χ1v) is 10.6. The molecule has 3 heterocycles. The molecule has 1 aliphatic rings. The van der Waals surface area contributed by atoms with Gasteiger partial charge in [-0.1, -0.05) is 24.3 Å². The lowest BCUT2D eigenvalue weighted by atomic mass is 10.0. The first-order valence-electron chi connectivity index (χ1n) is 10.6. The Morgan fingerprint density at radius 3 is 2.55 bits per heavy atom. The monoisotopic (exact) mass is 459 g/mol. The van der Waals surface area contributed by atoms with Crippen LogP contribution in [0.5, 0.6) is 0 Å². The van der Waals surface area contributed by atoms with Crippen molar-refractivity contribution in [3.05, 3.63) is 65.6 Å². The molecule has 0 amide bonds. The Kier molecular flexibility index (Phi) is 6.37. The Labute approximate surface area is 188 Å². The fraction of sp³-hybridized carbons (Fsp3) is 0.348. The summed E-state index contributed by atoms with van der Waals surface area (Å²) in [5.41, 5.74) is 3.27. The van der Waals surface area contributed by atoms with Crippen molar-refractivity contribution in [2.75, 3.05) is 24.5 Å². The van der Waals surface area contributed by atoms with Gasteiger partial charge in [0.1, 0.15) is 5.69 Å². The molecule has 174 valence electrons. The van der Waals surface area contributed by atoms with Gasteiger partial charge < -0.3 is 10.0 Å². The van der Waals surface area contributed by atoms with Crippen LogP contribution in [0.1, 0.15) is 23.7 Å². The van der Waals surface area contributed by atoms with E-state index in [0.717, 1.165) is 41.5 Å². The Bertz CT molecular complexity index is 1100. The highest BCUT2D eigenvalue weighted by Gasteiger charge is 2.33. The quantitative estimate of drug-likeness (QED) is 0.583. The number of nitrogens with zero attached hydrogens (tertiary/aromatic N) is 4. The molecule has 0 bridgehead atoms. The first-order chi connectivity index (χ1) is 15.7. The van der Waals surface area contributed by atoms with Crippen LogP contribution in [0.4, 0.5) is 18.9 Å². The molecule has 1 aliphatic heterocycles. The number of piperazine rings is 1. The molecule has 0 aliphatic carbocycles. The molecule has 1 unspecified atom stereocenters. The summed E-state index contributed by atoms with van der Waals surface area (Å²) < 4.78 is 38.3. The Morgan fingerprint density at radius 1 is 1.18 bits per heavy atom. The van der Waals surface area contributed by atoms with Crippen molar-refractivity contribution in [1.29, 1.82) is 0 Å². The first kappa shape index (κ1) is 22.8. The van der Waals surface area contributed by atoms with Gasteiger partial charge in [0, 0.05) is 49.5 Å². The highest BCUT2D eigenvalue weighted by molar-refractivity contribution is 5.71. The number of hydrogen-bond donors (Lipinski definition) is 2. The van der Waals surface area contributed by atoms with Crippen molar-refractivity contribution < 1.29 is 23.1 Å². The smallest absolute Gasteiger partial charge is 0.433 e. The van der Waals surface area contributed by atoms with Crippen LogP contribution in [0, 0.1) is 0 Å². The molecule has 2 aromatic heterocycles. The summed E-state index contributed by atoms with van der Waals surface area (Å²) in [6.45, 7) is 4.87. The molecule has 1 fully saturated rings. The third-order valence-electron chi connectivity index (χ3n) is 5.78. The fourth-order valence-corrected chi connectivity index (χ4v) is 4.17. The fourth-order valence-electron chi connectivity index (χ4n) is 4.17. The minimum atomic E-state index is -4.44. The van der Waals surface area contributed by atoms with Gasteiger partial charge in [0.15, 0.2) is 0 Å². The maximum Gasteiger partial charge on any atom is 0.433 e. The lowest BCUT2D eigenvalue weighted by Gasteiger charge is -2.41. The number of nitrogens with one attached hydrogen (secondary N) is 1. The van der Waals surface area contributed by atoms with Gasteiger partial charge in [0.25, 0.3) is 0 Å². The molecule has 3 aromatic rings. The predicted octanol–water partition coefficient (Wildman–Crippen LogP) is 3.83. The number of rotatable bonds is 6. The summed E-state index contributed by atoms with van der Waals surface area (Å²) >= 11 is 0. The lowest BCUT2D eigenvalue weighted by Crippen LogP contribution is -2.51. The van der Waals surface area contributed by atoms with E-state index in [0.29, 0.717) is 18.8 Å². The third-order valence-corrected chi connectivity index (χ3v) is 5.78. The number of hydrogen-bond acceptors (Lipinski definition) is 5. The maximum absolute atomic E-state index is 12.8. The van der Waals surface area contributed by atoms with Crippen LogP contribution in [-0.4, -0.2) is 56.8 Å². The number of pyridine rings is 1. The van der Waals surface area contributed by atoms with E-state index in [4.69, 9.17) is 5.11 Å². The van der Waals surface area contributed by atoms with Gasteiger partial charge >= 0.3 is 12.1 Å². The molecular formula is C23H24F3N5O2. The van der Waals surface area contributed by atoms with Crippen molar-refractivity contribution in [1.82, 2.24) is 20.1 Å². The van der Waals surface area contributed by atoms with Gasteiger partial charge in [-0.05, 0) is 24.6 Å². The Balaban J connectivity index is 1.40.